The first-order chi connectivity index (χ1) is 10.6. The van der Waals surface area contributed by atoms with Crippen molar-refractivity contribution in [3.05, 3.63) is 69.8 Å². The molecule has 5 heteroatoms. The SMILES string of the molecule is Cn1c(-c2ccccc2C(=O)O)cc(-c2cccs2)cc1=O. The van der Waals surface area contributed by atoms with Crippen molar-refractivity contribution in [2.45, 2.75) is 0 Å². The van der Waals surface area contributed by atoms with Gasteiger partial charge in [-0.05, 0) is 29.1 Å². The summed E-state index contributed by atoms with van der Waals surface area (Å²) in [6, 6.07) is 14.0. The molecule has 3 rings (SSSR count). The lowest BCUT2D eigenvalue weighted by molar-refractivity contribution is 0.0697. The van der Waals surface area contributed by atoms with Gasteiger partial charge in [-0.25, -0.2) is 4.79 Å². The molecule has 4 nitrogen and oxygen atoms in total. The zero-order chi connectivity index (χ0) is 15.7. The Morgan fingerprint density at radius 1 is 1.14 bits per heavy atom. The van der Waals surface area contributed by atoms with Gasteiger partial charge in [0, 0.05) is 23.6 Å². The Bertz CT molecular complexity index is 895. The first-order valence-corrected chi connectivity index (χ1v) is 7.53. The summed E-state index contributed by atoms with van der Waals surface area (Å²) in [5, 5.41) is 11.3. The molecular weight excluding hydrogens is 298 g/mol. The van der Waals surface area contributed by atoms with Crippen molar-refractivity contribution in [1.29, 1.82) is 0 Å². The van der Waals surface area contributed by atoms with Gasteiger partial charge in [-0.2, -0.15) is 0 Å². The quantitative estimate of drug-likeness (QED) is 0.805. The highest BCUT2D eigenvalue weighted by molar-refractivity contribution is 7.13. The van der Waals surface area contributed by atoms with E-state index in [9.17, 15) is 14.7 Å². The second-order valence-corrected chi connectivity index (χ2v) is 5.80. The van der Waals surface area contributed by atoms with Crippen LogP contribution >= 0.6 is 11.3 Å². The van der Waals surface area contributed by atoms with Crippen molar-refractivity contribution in [1.82, 2.24) is 4.57 Å². The van der Waals surface area contributed by atoms with Crippen LogP contribution in [0.15, 0.2) is 58.7 Å². The molecule has 0 unspecified atom stereocenters. The molecule has 0 radical (unpaired) electrons. The van der Waals surface area contributed by atoms with E-state index in [4.69, 9.17) is 0 Å². The van der Waals surface area contributed by atoms with Gasteiger partial charge in [-0.3, -0.25) is 4.79 Å². The van der Waals surface area contributed by atoms with Crippen molar-refractivity contribution >= 4 is 17.3 Å². The molecule has 0 aliphatic rings. The predicted octanol–water partition coefficient (Wildman–Crippen LogP) is 3.48. The summed E-state index contributed by atoms with van der Waals surface area (Å²) >= 11 is 1.54. The van der Waals surface area contributed by atoms with Crippen LogP contribution in [0, 0.1) is 0 Å². The van der Waals surface area contributed by atoms with Crippen LogP contribution in [0.3, 0.4) is 0 Å². The summed E-state index contributed by atoms with van der Waals surface area (Å²) in [4.78, 5) is 24.6. The summed E-state index contributed by atoms with van der Waals surface area (Å²) in [5.41, 5.74) is 1.94. The van der Waals surface area contributed by atoms with Gasteiger partial charge in [-0.1, -0.05) is 24.3 Å². The first-order valence-electron chi connectivity index (χ1n) is 6.65. The largest absolute Gasteiger partial charge is 0.478 e. The number of benzene rings is 1. The highest BCUT2D eigenvalue weighted by Crippen LogP contribution is 2.29. The third kappa shape index (κ3) is 2.46. The van der Waals surface area contributed by atoms with Crippen molar-refractivity contribution in [3.8, 4) is 21.7 Å². The molecule has 1 aromatic carbocycles. The zero-order valence-electron chi connectivity index (χ0n) is 11.8. The van der Waals surface area contributed by atoms with Gasteiger partial charge in [0.1, 0.15) is 0 Å². The second kappa shape index (κ2) is 5.61. The summed E-state index contributed by atoms with van der Waals surface area (Å²) in [6.07, 6.45) is 0. The van der Waals surface area contributed by atoms with E-state index in [1.165, 1.54) is 4.57 Å². The van der Waals surface area contributed by atoms with Crippen molar-refractivity contribution in [2.24, 2.45) is 7.05 Å². The van der Waals surface area contributed by atoms with E-state index in [2.05, 4.69) is 0 Å². The van der Waals surface area contributed by atoms with E-state index in [0.717, 1.165) is 10.4 Å². The fraction of sp³-hybridized carbons (Fsp3) is 0.0588. The Kier molecular flexibility index (Phi) is 3.65. The molecule has 0 fully saturated rings. The summed E-state index contributed by atoms with van der Waals surface area (Å²) in [6.45, 7) is 0. The third-order valence-corrected chi connectivity index (χ3v) is 4.42. The molecule has 0 atom stereocenters. The van der Waals surface area contributed by atoms with Gasteiger partial charge >= 0.3 is 5.97 Å². The van der Waals surface area contributed by atoms with E-state index in [1.54, 1.807) is 48.7 Å². The lowest BCUT2D eigenvalue weighted by Gasteiger charge is -2.12. The summed E-state index contributed by atoms with van der Waals surface area (Å²) in [5.74, 6) is -1.01. The van der Waals surface area contributed by atoms with Gasteiger partial charge in [0.2, 0.25) is 0 Å². The molecule has 0 bridgehead atoms. The fourth-order valence-electron chi connectivity index (χ4n) is 2.37. The summed E-state index contributed by atoms with van der Waals surface area (Å²) < 4.78 is 1.47. The second-order valence-electron chi connectivity index (χ2n) is 4.85. The monoisotopic (exact) mass is 311 g/mol. The molecule has 0 saturated heterocycles. The number of carbonyl (C=O) groups is 1. The van der Waals surface area contributed by atoms with Crippen LogP contribution in [0.1, 0.15) is 10.4 Å². The number of hydrogen-bond donors (Lipinski definition) is 1. The van der Waals surface area contributed by atoms with Gasteiger partial charge < -0.3 is 9.67 Å². The average Bonchev–Trinajstić information content (AvgIpc) is 3.04. The van der Waals surface area contributed by atoms with Crippen LogP contribution in [0.25, 0.3) is 21.7 Å². The summed E-state index contributed by atoms with van der Waals surface area (Å²) in [7, 11) is 1.65. The highest BCUT2D eigenvalue weighted by atomic mass is 32.1. The average molecular weight is 311 g/mol. The van der Waals surface area contributed by atoms with Crippen LogP contribution in [0.4, 0.5) is 0 Å². The topological polar surface area (TPSA) is 59.3 Å². The number of rotatable bonds is 3. The predicted molar refractivity (Wildman–Crippen MR) is 87.4 cm³/mol. The maximum atomic E-state index is 12.2. The van der Waals surface area contributed by atoms with E-state index < -0.39 is 5.97 Å². The molecule has 3 aromatic rings. The zero-order valence-corrected chi connectivity index (χ0v) is 12.6. The third-order valence-electron chi connectivity index (χ3n) is 3.50. The Labute approximate surface area is 130 Å². The minimum Gasteiger partial charge on any atom is -0.478 e. The molecular formula is C17H13NO3S. The standard InChI is InChI=1S/C17H13NO3S/c1-18-14(12-5-2-3-6-13(12)17(20)21)9-11(10-16(18)19)15-7-4-8-22-15/h2-10H,1H3,(H,20,21). The molecule has 2 aromatic heterocycles. The lowest BCUT2D eigenvalue weighted by Crippen LogP contribution is -2.18. The Morgan fingerprint density at radius 2 is 1.91 bits per heavy atom. The van der Waals surface area contributed by atoms with Crippen molar-refractivity contribution in [3.63, 3.8) is 0 Å². The smallest absolute Gasteiger partial charge is 0.336 e. The van der Waals surface area contributed by atoms with Gasteiger partial charge in [-0.15, -0.1) is 11.3 Å². The van der Waals surface area contributed by atoms with Crippen LogP contribution < -0.4 is 5.56 Å². The minimum absolute atomic E-state index is 0.166. The Hall–Kier alpha value is -2.66. The fourth-order valence-corrected chi connectivity index (χ4v) is 3.09. The number of thiophene rings is 1. The molecule has 22 heavy (non-hydrogen) atoms. The molecule has 0 aliphatic heterocycles. The van der Waals surface area contributed by atoms with E-state index in [1.807, 2.05) is 23.6 Å². The van der Waals surface area contributed by atoms with Gasteiger partial charge in [0.25, 0.3) is 5.56 Å². The molecule has 2 heterocycles. The van der Waals surface area contributed by atoms with Crippen LogP contribution in [0.5, 0.6) is 0 Å². The number of aromatic nitrogens is 1. The Balaban J connectivity index is 2.28. The molecule has 110 valence electrons. The van der Waals surface area contributed by atoms with Crippen molar-refractivity contribution in [2.75, 3.05) is 0 Å². The molecule has 1 N–H and O–H groups in total. The van der Waals surface area contributed by atoms with Gasteiger partial charge in [0.15, 0.2) is 0 Å². The van der Waals surface area contributed by atoms with E-state index >= 15 is 0 Å². The maximum absolute atomic E-state index is 12.2. The van der Waals surface area contributed by atoms with E-state index in [-0.39, 0.29) is 11.1 Å². The van der Waals surface area contributed by atoms with E-state index in [0.29, 0.717) is 11.3 Å². The normalized spacial score (nSPS) is 10.6. The van der Waals surface area contributed by atoms with Crippen molar-refractivity contribution < 1.29 is 9.90 Å². The molecule has 0 spiro atoms. The lowest BCUT2D eigenvalue weighted by atomic mass is 10.0. The number of carboxylic acids is 1. The van der Waals surface area contributed by atoms with Gasteiger partial charge in [0.05, 0.1) is 11.3 Å². The minimum atomic E-state index is -1.01. The molecule has 0 saturated carbocycles. The molecule has 0 aliphatic carbocycles. The number of carboxylic acid groups (broad SMARTS) is 1. The number of hydrogen-bond acceptors (Lipinski definition) is 3. The Morgan fingerprint density at radius 3 is 2.59 bits per heavy atom. The van der Waals surface area contributed by atoms with Crippen LogP contribution in [0.2, 0.25) is 0 Å². The highest BCUT2D eigenvalue weighted by Gasteiger charge is 2.15. The van der Waals surface area contributed by atoms with Crippen LogP contribution in [-0.2, 0) is 7.05 Å². The number of nitrogens with zero attached hydrogens (tertiary/aromatic N) is 1. The maximum Gasteiger partial charge on any atom is 0.336 e. The van der Waals surface area contributed by atoms with Crippen LogP contribution in [-0.4, -0.2) is 15.6 Å². The first kappa shape index (κ1) is 14.3. The number of pyridine rings is 1. The molecule has 0 amide bonds. The number of aromatic carboxylic acids is 1.